The molecule has 4 rings (SSSR count). The van der Waals surface area contributed by atoms with Crippen LogP contribution in [-0.2, 0) is 25.9 Å². The molecule has 0 radical (unpaired) electrons. The van der Waals surface area contributed by atoms with E-state index in [0.717, 1.165) is 18.9 Å². The van der Waals surface area contributed by atoms with E-state index < -0.39 is 33.6 Å². The number of rotatable bonds is 12. The molecule has 0 aliphatic carbocycles. The summed E-state index contributed by atoms with van der Waals surface area (Å²) in [6.07, 6.45) is 5.98. The Kier molecular flexibility index (Phi) is 9.68. The van der Waals surface area contributed by atoms with Crippen molar-refractivity contribution in [3.63, 3.8) is 0 Å². The van der Waals surface area contributed by atoms with Crippen LogP contribution in [-0.4, -0.2) is 55.0 Å². The van der Waals surface area contributed by atoms with E-state index in [1.807, 2.05) is 4.57 Å². The van der Waals surface area contributed by atoms with Crippen molar-refractivity contribution in [2.75, 3.05) is 24.4 Å². The SMILES string of the molecule is COC(=O)[C@H](CCS(C)(=O)=O)NC(=O)c1ccc(NC(Cn2ccnc2)c2ccc(F)cc2)cc1-c1ccc(F)cc1. The number of ether oxygens (including phenoxy) is 1. The number of anilines is 1. The maximum atomic E-state index is 13.8. The molecule has 1 aromatic heterocycles. The predicted molar refractivity (Wildman–Crippen MR) is 154 cm³/mol. The van der Waals surface area contributed by atoms with Crippen LogP contribution in [0, 0.1) is 11.6 Å². The molecular formula is C30H30F2N4O5S. The maximum Gasteiger partial charge on any atom is 0.328 e. The highest BCUT2D eigenvalue weighted by Gasteiger charge is 2.25. The zero-order chi connectivity index (χ0) is 30.3. The summed E-state index contributed by atoms with van der Waals surface area (Å²) >= 11 is 0. The largest absolute Gasteiger partial charge is 0.467 e. The van der Waals surface area contributed by atoms with E-state index in [9.17, 15) is 26.8 Å². The van der Waals surface area contributed by atoms with Crippen LogP contribution in [0.5, 0.6) is 0 Å². The average molecular weight is 597 g/mol. The van der Waals surface area contributed by atoms with E-state index in [4.69, 9.17) is 4.74 Å². The Balaban J connectivity index is 1.69. The number of aromatic nitrogens is 2. The number of halogens is 2. The fraction of sp³-hybridized carbons (Fsp3) is 0.233. The second kappa shape index (κ2) is 13.4. The molecule has 4 aromatic rings. The van der Waals surface area contributed by atoms with Crippen LogP contribution < -0.4 is 10.6 Å². The van der Waals surface area contributed by atoms with Crippen LogP contribution in [0.2, 0.25) is 0 Å². The van der Waals surface area contributed by atoms with Gasteiger partial charge in [-0.15, -0.1) is 0 Å². The molecule has 1 heterocycles. The minimum atomic E-state index is -3.41. The van der Waals surface area contributed by atoms with Gasteiger partial charge in [-0.1, -0.05) is 24.3 Å². The van der Waals surface area contributed by atoms with Gasteiger partial charge in [0.15, 0.2) is 0 Å². The van der Waals surface area contributed by atoms with Crippen molar-refractivity contribution in [1.29, 1.82) is 0 Å². The molecule has 0 aliphatic heterocycles. The molecule has 0 saturated heterocycles. The van der Waals surface area contributed by atoms with Gasteiger partial charge in [-0.3, -0.25) is 4.79 Å². The first kappa shape index (κ1) is 30.4. The number of amides is 1. The number of imidazole rings is 1. The quantitative estimate of drug-likeness (QED) is 0.233. The van der Waals surface area contributed by atoms with Gasteiger partial charge >= 0.3 is 5.97 Å². The van der Waals surface area contributed by atoms with E-state index in [2.05, 4.69) is 15.6 Å². The number of nitrogens with zero attached hydrogens (tertiary/aromatic N) is 2. The molecular weight excluding hydrogens is 566 g/mol. The molecule has 3 aromatic carbocycles. The monoisotopic (exact) mass is 596 g/mol. The highest BCUT2D eigenvalue weighted by atomic mass is 32.2. The van der Waals surface area contributed by atoms with Gasteiger partial charge in [-0.2, -0.15) is 0 Å². The van der Waals surface area contributed by atoms with Crippen LogP contribution in [0.1, 0.15) is 28.4 Å². The second-order valence-electron chi connectivity index (χ2n) is 9.74. The van der Waals surface area contributed by atoms with Crippen molar-refractivity contribution in [2.45, 2.75) is 25.0 Å². The molecule has 2 atom stereocenters. The molecule has 1 unspecified atom stereocenters. The van der Waals surface area contributed by atoms with Crippen molar-refractivity contribution < 1.29 is 31.5 Å². The molecule has 0 fully saturated rings. The lowest BCUT2D eigenvalue weighted by molar-refractivity contribution is -0.142. The van der Waals surface area contributed by atoms with E-state index in [1.54, 1.807) is 49.1 Å². The first-order valence-corrected chi connectivity index (χ1v) is 15.0. The Morgan fingerprint density at radius 2 is 1.67 bits per heavy atom. The molecule has 1 amide bonds. The lowest BCUT2D eigenvalue weighted by atomic mass is 9.97. The zero-order valence-corrected chi connectivity index (χ0v) is 23.8. The summed E-state index contributed by atoms with van der Waals surface area (Å²) in [7, 11) is -2.26. The van der Waals surface area contributed by atoms with Gasteiger partial charge < -0.3 is 19.9 Å². The van der Waals surface area contributed by atoms with Crippen LogP contribution in [0.4, 0.5) is 14.5 Å². The molecule has 42 heavy (non-hydrogen) atoms. The van der Waals surface area contributed by atoms with Gasteiger partial charge in [0.25, 0.3) is 5.91 Å². The predicted octanol–water partition coefficient (Wildman–Crippen LogP) is 4.39. The average Bonchev–Trinajstić information content (AvgIpc) is 3.48. The summed E-state index contributed by atoms with van der Waals surface area (Å²) in [5.74, 6) is -2.57. The van der Waals surface area contributed by atoms with Crippen LogP contribution in [0.15, 0.2) is 85.5 Å². The number of benzene rings is 3. The van der Waals surface area contributed by atoms with Gasteiger partial charge in [0.1, 0.15) is 27.5 Å². The van der Waals surface area contributed by atoms with Crippen LogP contribution in [0.3, 0.4) is 0 Å². The van der Waals surface area contributed by atoms with E-state index in [0.29, 0.717) is 23.4 Å². The van der Waals surface area contributed by atoms with Crippen LogP contribution in [0.25, 0.3) is 11.1 Å². The number of hydrogen-bond acceptors (Lipinski definition) is 7. The minimum Gasteiger partial charge on any atom is -0.467 e. The Bertz CT molecular complexity index is 1630. The van der Waals surface area contributed by atoms with E-state index in [1.165, 1.54) is 36.4 Å². The third kappa shape index (κ3) is 8.23. The molecule has 0 aliphatic rings. The highest BCUT2D eigenvalue weighted by molar-refractivity contribution is 7.90. The minimum absolute atomic E-state index is 0.170. The number of nitrogens with one attached hydrogen (secondary N) is 2. The van der Waals surface area contributed by atoms with Gasteiger partial charge in [0.2, 0.25) is 0 Å². The summed E-state index contributed by atoms with van der Waals surface area (Å²) in [5.41, 5.74) is 2.56. The summed E-state index contributed by atoms with van der Waals surface area (Å²) in [6.45, 7) is 0.459. The van der Waals surface area contributed by atoms with Crippen molar-refractivity contribution in [1.82, 2.24) is 14.9 Å². The second-order valence-corrected chi connectivity index (χ2v) is 12.0. The first-order valence-electron chi connectivity index (χ1n) is 13.0. The number of carbonyl (C=O) groups excluding carboxylic acids is 2. The third-order valence-electron chi connectivity index (χ3n) is 6.55. The number of sulfone groups is 1. The highest BCUT2D eigenvalue weighted by Crippen LogP contribution is 2.30. The molecule has 2 N–H and O–H groups in total. The number of hydrogen-bond donors (Lipinski definition) is 2. The molecule has 220 valence electrons. The van der Waals surface area contributed by atoms with Gasteiger partial charge in [-0.05, 0) is 65.6 Å². The summed E-state index contributed by atoms with van der Waals surface area (Å²) in [6, 6.07) is 15.1. The van der Waals surface area contributed by atoms with Crippen molar-refractivity contribution in [2.24, 2.45) is 0 Å². The van der Waals surface area contributed by atoms with Crippen molar-refractivity contribution in [3.05, 3.63) is 108 Å². The molecule has 0 saturated carbocycles. The lowest BCUT2D eigenvalue weighted by Crippen LogP contribution is -2.42. The normalized spacial score (nSPS) is 12.8. The number of carbonyl (C=O) groups is 2. The smallest absolute Gasteiger partial charge is 0.328 e. The number of esters is 1. The fourth-order valence-corrected chi connectivity index (χ4v) is 5.06. The third-order valence-corrected chi connectivity index (χ3v) is 7.53. The first-order chi connectivity index (χ1) is 20.0. The number of methoxy groups -OCH3 is 1. The molecule has 0 spiro atoms. The standard InChI is InChI=1S/C30H30F2N4O5S/c1-41-30(38)27(13-16-42(2,39)40)35-29(37)25-12-11-24(17-26(25)20-3-7-22(31)8-4-20)34-28(18-36-15-14-33-19-36)21-5-9-23(32)10-6-21/h3-12,14-15,17,19,27-28,34H,13,16,18H2,1-2H3,(H,35,37)/t27-,28?/m0/s1. The lowest BCUT2D eigenvalue weighted by Gasteiger charge is -2.23. The summed E-state index contributed by atoms with van der Waals surface area (Å²) in [5, 5.41) is 6.01. The van der Waals surface area contributed by atoms with Gasteiger partial charge in [0.05, 0.1) is 25.2 Å². The zero-order valence-electron chi connectivity index (χ0n) is 23.0. The summed E-state index contributed by atoms with van der Waals surface area (Å²) in [4.78, 5) is 29.9. The van der Waals surface area contributed by atoms with Gasteiger partial charge in [-0.25, -0.2) is 27.0 Å². The van der Waals surface area contributed by atoms with Crippen molar-refractivity contribution in [3.8, 4) is 11.1 Å². The molecule has 12 heteroatoms. The Morgan fingerprint density at radius 1 is 1.00 bits per heavy atom. The Labute approximate surface area is 242 Å². The summed E-state index contributed by atoms with van der Waals surface area (Å²) < 4.78 is 57.4. The van der Waals surface area contributed by atoms with E-state index in [-0.39, 0.29) is 29.6 Å². The topological polar surface area (TPSA) is 119 Å². The molecule has 9 nitrogen and oxygen atoms in total. The van der Waals surface area contributed by atoms with Crippen LogP contribution >= 0.6 is 0 Å². The van der Waals surface area contributed by atoms with E-state index >= 15 is 0 Å². The fourth-order valence-electron chi connectivity index (χ4n) is 4.40. The Hall–Kier alpha value is -4.58. The molecule has 0 bridgehead atoms. The maximum absolute atomic E-state index is 13.8. The van der Waals surface area contributed by atoms with Crippen molar-refractivity contribution >= 4 is 27.4 Å². The Morgan fingerprint density at radius 3 is 2.26 bits per heavy atom. The van der Waals surface area contributed by atoms with Gasteiger partial charge in [0, 0.05) is 36.4 Å².